The van der Waals surface area contributed by atoms with Crippen molar-refractivity contribution in [1.29, 1.82) is 0 Å². The Labute approximate surface area is 190 Å². The molecule has 0 unspecified atom stereocenters. The molecule has 0 aliphatic heterocycles. The minimum atomic E-state index is -0.743. The van der Waals surface area contributed by atoms with Gasteiger partial charge in [-0.05, 0) is 41.5 Å². The molecule has 32 heavy (non-hydrogen) atoms. The van der Waals surface area contributed by atoms with Gasteiger partial charge in [0.25, 0.3) is 11.8 Å². The highest BCUT2D eigenvalue weighted by atomic mass is 35.5. The Hall–Kier alpha value is -3.84. The van der Waals surface area contributed by atoms with Gasteiger partial charge in [0.2, 0.25) is 0 Å². The van der Waals surface area contributed by atoms with E-state index in [0.29, 0.717) is 22.0 Å². The molecular weight excluding hydrogens is 432 g/mol. The Kier molecular flexibility index (Phi) is 7.83. The van der Waals surface area contributed by atoms with E-state index in [-0.39, 0.29) is 6.54 Å². The molecule has 3 aromatic rings. The molecule has 3 rings (SSSR count). The van der Waals surface area contributed by atoms with E-state index in [9.17, 15) is 14.4 Å². The van der Waals surface area contributed by atoms with Gasteiger partial charge >= 0.3 is 5.97 Å². The molecule has 2 N–H and O–H groups in total. The third kappa shape index (κ3) is 6.33. The normalized spacial score (nSPS) is 10.2. The van der Waals surface area contributed by atoms with Crippen LogP contribution in [0.25, 0.3) is 11.1 Å². The van der Waals surface area contributed by atoms with Crippen molar-refractivity contribution in [3.63, 3.8) is 0 Å². The summed E-state index contributed by atoms with van der Waals surface area (Å²) >= 11 is 5.91. The van der Waals surface area contributed by atoms with Crippen molar-refractivity contribution in [3.05, 3.63) is 83.4 Å². The third-order valence-corrected chi connectivity index (χ3v) is 4.68. The second-order valence-electron chi connectivity index (χ2n) is 6.68. The number of benzene rings is 3. The third-order valence-electron chi connectivity index (χ3n) is 4.45. The molecule has 0 radical (unpaired) electrons. The van der Waals surface area contributed by atoms with Crippen LogP contribution >= 0.6 is 11.6 Å². The number of carbonyl (C=O) groups is 3. The molecule has 0 atom stereocenters. The van der Waals surface area contributed by atoms with Gasteiger partial charge in [-0.1, -0.05) is 54.1 Å². The van der Waals surface area contributed by atoms with E-state index in [0.717, 1.165) is 11.1 Å². The summed E-state index contributed by atoms with van der Waals surface area (Å²) in [4.78, 5) is 36.2. The lowest BCUT2D eigenvalue weighted by atomic mass is 10.0. The molecule has 0 aliphatic carbocycles. The molecule has 0 aliphatic rings. The first-order chi connectivity index (χ1) is 15.5. The predicted octanol–water partition coefficient (Wildman–Crippen LogP) is 3.93. The molecule has 0 saturated heterocycles. The molecule has 0 spiro atoms. The number of ether oxygens (including phenoxy) is 2. The molecule has 0 heterocycles. The van der Waals surface area contributed by atoms with Crippen molar-refractivity contribution in [2.24, 2.45) is 0 Å². The Bertz CT molecular complexity index is 1100. The molecule has 0 bridgehead atoms. The van der Waals surface area contributed by atoms with Crippen molar-refractivity contribution < 1.29 is 23.9 Å². The van der Waals surface area contributed by atoms with Gasteiger partial charge in [-0.3, -0.25) is 14.4 Å². The molecular formula is C24H21ClN2O5. The summed E-state index contributed by atoms with van der Waals surface area (Å²) in [5.74, 6) is -1.32. The SMILES string of the molecule is COc1ccc(Cl)cc1NC(=O)COC(=O)CNC(=O)c1ccc(-c2ccccc2)cc1. The molecule has 2 amide bonds. The summed E-state index contributed by atoms with van der Waals surface area (Å²) < 4.78 is 10.0. The Morgan fingerprint density at radius 1 is 0.906 bits per heavy atom. The molecule has 164 valence electrons. The van der Waals surface area contributed by atoms with Crippen LogP contribution in [0.2, 0.25) is 5.02 Å². The summed E-state index contributed by atoms with van der Waals surface area (Å²) in [6.07, 6.45) is 0. The fraction of sp³-hybridized carbons (Fsp3) is 0.125. The largest absolute Gasteiger partial charge is 0.495 e. The number of anilines is 1. The van der Waals surface area contributed by atoms with Crippen LogP contribution in [0.15, 0.2) is 72.8 Å². The van der Waals surface area contributed by atoms with Crippen LogP contribution in [0.3, 0.4) is 0 Å². The number of hydrogen-bond acceptors (Lipinski definition) is 5. The molecule has 8 heteroatoms. The summed E-state index contributed by atoms with van der Waals surface area (Å²) in [7, 11) is 1.46. The first kappa shape index (κ1) is 22.8. The minimum Gasteiger partial charge on any atom is -0.495 e. The molecule has 0 fully saturated rings. The fourth-order valence-corrected chi connectivity index (χ4v) is 3.03. The van der Waals surface area contributed by atoms with Crippen molar-refractivity contribution >= 4 is 35.1 Å². The van der Waals surface area contributed by atoms with E-state index < -0.39 is 24.4 Å². The smallest absolute Gasteiger partial charge is 0.325 e. The van der Waals surface area contributed by atoms with Gasteiger partial charge in [-0.15, -0.1) is 0 Å². The summed E-state index contributed by atoms with van der Waals surface area (Å²) in [5, 5.41) is 5.44. The van der Waals surface area contributed by atoms with Gasteiger partial charge in [0.15, 0.2) is 6.61 Å². The Morgan fingerprint density at radius 2 is 1.59 bits per heavy atom. The maximum atomic E-state index is 12.3. The lowest BCUT2D eigenvalue weighted by molar-refractivity contribution is -0.146. The van der Waals surface area contributed by atoms with Gasteiger partial charge in [0, 0.05) is 10.6 Å². The zero-order chi connectivity index (χ0) is 22.9. The summed E-state index contributed by atoms with van der Waals surface area (Å²) in [6.45, 7) is -0.886. The van der Waals surface area contributed by atoms with Crippen LogP contribution in [0.4, 0.5) is 5.69 Å². The second-order valence-corrected chi connectivity index (χ2v) is 7.12. The average molecular weight is 453 g/mol. The van der Waals surface area contributed by atoms with Crippen molar-refractivity contribution in [3.8, 4) is 16.9 Å². The Morgan fingerprint density at radius 3 is 2.28 bits per heavy atom. The molecule has 0 saturated carbocycles. The predicted molar refractivity (Wildman–Crippen MR) is 122 cm³/mol. The highest BCUT2D eigenvalue weighted by molar-refractivity contribution is 6.31. The van der Waals surface area contributed by atoms with Crippen molar-refractivity contribution in [2.45, 2.75) is 0 Å². The number of esters is 1. The number of rotatable bonds is 8. The number of amides is 2. The van der Waals surface area contributed by atoms with E-state index in [1.807, 2.05) is 42.5 Å². The van der Waals surface area contributed by atoms with E-state index >= 15 is 0 Å². The van der Waals surface area contributed by atoms with E-state index in [4.69, 9.17) is 21.1 Å². The standard InChI is InChI=1S/C24H21ClN2O5/c1-31-21-12-11-19(25)13-20(21)27-22(28)15-32-23(29)14-26-24(30)18-9-7-17(8-10-18)16-5-3-2-4-6-16/h2-13H,14-15H2,1H3,(H,26,30)(H,27,28). The van der Waals surface area contributed by atoms with Crippen LogP contribution in [0.1, 0.15) is 10.4 Å². The van der Waals surface area contributed by atoms with E-state index in [1.165, 1.54) is 13.2 Å². The maximum absolute atomic E-state index is 12.3. The van der Waals surface area contributed by atoms with Gasteiger partial charge < -0.3 is 20.1 Å². The van der Waals surface area contributed by atoms with Crippen LogP contribution in [0, 0.1) is 0 Å². The molecule has 3 aromatic carbocycles. The topological polar surface area (TPSA) is 93.7 Å². The van der Waals surface area contributed by atoms with Crippen LogP contribution in [-0.2, 0) is 14.3 Å². The number of carbonyl (C=O) groups excluding carboxylic acids is 3. The number of hydrogen-bond donors (Lipinski definition) is 2. The van der Waals surface area contributed by atoms with Crippen LogP contribution < -0.4 is 15.4 Å². The van der Waals surface area contributed by atoms with Gasteiger partial charge in [-0.25, -0.2) is 0 Å². The van der Waals surface area contributed by atoms with Crippen molar-refractivity contribution in [2.75, 3.05) is 25.6 Å². The van der Waals surface area contributed by atoms with Gasteiger partial charge in [-0.2, -0.15) is 0 Å². The quantitative estimate of drug-likeness (QED) is 0.505. The lowest BCUT2D eigenvalue weighted by Crippen LogP contribution is -2.32. The van der Waals surface area contributed by atoms with Gasteiger partial charge in [0.05, 0.1) is 12.8 Å². The number of halogens is 1. The monoisotopic (exact) mass is 452 g/mol. The summed E-state index contributed by atoms with van der Waals surface area (Å²) in [5.41, 5.74) is 2.78. The minimum absolute atomic E-state index is 0.355. The molecule has 7 nitrogen and oxygen atoms in total. The molecule has 0 aromatic heterocycles. The second kappa shape index (κ2) is 11.0. The fourth-order valence-electron chi connectivity index (χ4n) is 2.86. The highest BCUT2D eigenvalue weighted by Crippen LogP contribution is 2.27. The van der Waals surface area contributed by atoms with E-state index in [1.54, 1.807) is 24.3 Å². The lowest BCUT2D eigenvalue weighted by Gasteiger charge is -2.11. The maximum Gasteiger partial charge on any atom is 0.325 e. The number of methoxy groups -OCH3 is 1. The highest BCUT2D eigenvalue weighted by Gasteiger charge is 2.13. The zero-order valence-corrected chi connectivity index (χ0v) is 18.0. The van der Waals surface area contributed by atoms with Gasteiger partial charge in [0.1, 0.15) is 12.3 Å². The van der Waals surface area contributed by atoms with E-state index in [2.05, 4.69) is 10.6 Å². The summed E-state index contributed by atoms with van der Waals surface area (Å²) in [6, 6.07) is 21.5. The number of nitrogens with one attached hydrogen (secondary N) is 2. The zero-order valence-electron chi connectivity index (χ0n) is 17.3. The Balaban J connectivity index is 1.45. The first-order valence-electron chi connectivity index (χ1n) is 9.69. The van der Waals surface area contributed by atoms with Crippen molar-refractivity contribution in [1.82, 2.24) is 5.32 Å². The first-order valence-corrected chi connectivity index (χ1v) is 10.1. The van der Waals surface area contributed by atoms with Crippen LogP contribution in [-0.4, -0.2) is 38.0 Å². The average Bonchev–Trinajstić information content (AvgIpc) is 2.82. The van der Waals surface area contributed by atoms with Crippen LogP contribution in [0.5, 0.6) is 5.75 Å².